The Hall–Kier alpha value is -3.82. The average molecular weight is 607 g/mol. The van der Waals surface area contributed by atoms with Crippen LogP contribution in [0.5, 0.6) is 11.6 Å². The van der Waals surface area contributed by atoms with Gasteiger partial charge >= 0.3 is 12.8 Å². The second kappa shape index (κ2) is 12.8. The summed E-state index contributed by atoms with van der Waals surface area (Å²) in [6, 6.07) is 5.62. The molecule has 3 heterocycles. The summed E-state index contributed by atoms with van der Waals surface area (Å²) in [5.41, 5.74) is 0.0410. The molecule has 3 rings (SSSR count). The van der Waals surface area contributed by atoms with Crippen molar-refractivity contribution in [3.05, 3.63) is 53.5 Å². The number of carbonyl (C=O) groups excluding carboxylic acids is 2. The molecule has 0 aromatic carbocycles. The Labute approximate surface area is 232 Å². The molecule has 0 spiro atoms. The summed E-state index contributed by atoms with van der Waals surface area (Å²) in [4.78, 5) is 33.6. The number of ether oxygens (including phenoxy) is 2. The summed E-state index contributed by atoms with van der Waals surface area (Å²) >= 11 is 0. The Morgan fingerprint density at radius 2 is 1.90 bits per heavy atom. The number of aromatic nitrogens is 2. The van der Waals surface area contributed by atoms with Crippen molar-refractivity contribution in [1.82, 2.24) is 20.6 Å². The molecule has 0 bridgehead atoms. The van der Waals surface area contributed by atoms with E-state index in [9.17, 15) is 40.0 Å². The molecule has 2 amide bonds. The van der Waals surface area contributed by atoms with E-state index in [0.29, 0.717) is 11.1 Å². The van der Waals surface area contributed by atoms with Crippen LogP contribution in [0.25, 0.3) is 5.57 Å². The number of nitrogens with one attached hydrogen (secondary N) is 2. The fraction of sp³-hybridized carbons (Fsp3) is 0.440. The Kier molecular flexibility index (Phi) is 9.89. The third kappa shape index (κ3) is 9.65. The minimum Gasteiger partial charge on any atom is -0.478 e. The molecular weight excluding hydrogens is 579 g/mol. The number of alkyl halides is 5. The van der Waals surface area contributed by atoms with Crippen LogP contribution < -0.4 is 20.1 Å². The molecule has 1 atom stereocenters. The van der Waals surface area contributed by atoms with Crippen molar-refractivity contribution < 1.29 is 49.4 Å². The number of sulfone groups is 1. The lowest BCUT2D eigenvalue weighted by Gasteiger charge is -2.37. The second-order valence-corrected chi connectivity index (χ2v) is 11.6. The van der Waals surface area contributed by atoms with Crippen LogP contribution in [0.1, 0.15) is 37.4 Å². The third-order valence-electron chi connectivity index (χ3n) is 5.91. The first-order valence-corrected chi connectivity index (χ1v) is 14.2. The lowest BCUT2D eigenvalue weighted by atomic mass is 9.80. The van der Waals surface area contributed by atoms with E-state index in [1.54, 1.807) is 13.0 Å². The Balaban J connectivity index is 1.86. The number of hydrogen-bond acceptors (Lipinski definition) is 8. The Morgan fingerprint density at radius 3 is 2.46 bits per heavy atom. The molecule has 0 unspecified atom stereocenters. The highest BCUT2D eigenvalue weighted by Crippen LogP contribution is 2.38. The third-order valence-corrected chi connectivity index (χ3v) is 6.70. The van der Waals surface area contributed by atoms with E-state index < -0.39 is 52.2 Å². The predicted molar refractivity (Wildman–Crippen MR) is 136 cm³/mol. The van der Waals surface area contributed by atoms with Gasteiger partial charge in [0.05, 0.1) is 24.0 Å². The van der Waals surface area contributed by atoms with Gasteiger partial charge in [0, 0.05) is 43.5 Å². The molecule has 0 aliphatic carbocycles. The van der Waals surface area contributed by atoms with Crippen LogP contribution in [-0.2, 0) is 25.0 Å². The number of nitrogens with zero attached hydrogens (tertiary/aromatic N) is 2. The zero-order valence-electron chi connectivity index (χ0n) is 21.9. The highest BCUT2D eigenvalue weighted by Gasteiger charge is 2.38. The molecule has 0 saturated carbocycles. The molecule has 0 radical (unpaired) electrons. The standard InChI is InChI=1S/C25H27F5N4O6S/c1-24(15-4-7-21(33-11-15)39-9-3-8-25(28,29)30)10-17(19-6-5-16(12-31-19)40-23(26)27)18(22(36)34-24)13-32-20(35)14-41(2,37)38/h4-7,11-12,23H,3,8-10,13-14H2,1-2H3,(H,32,35)(H,34,36)/t24-/m0/s1. The van der Waals surface area contributed by atoms with Crippen molar-refractivity contribution in [2.24, 2.45) is 0 Å². The molecule has 2 aromatic heterocycles. The predicted octanol–water partition coefficient (Wildman–Crippen LogP) is 3.15. The molecule has 2 N–H and O–H groups in total. The molecule has 16 heteroatoms. The normalized spacial score (nSPS) is 17.8. The average Bonchev–Trinajstić information content (AvgIpc) is 2.84. The summed E-state index contributed by atoms with van der Waals surface area (Å²) < 4.78 is 94.6. The van der Waals surface area contributed by atoms with Gasteiger partial charge in [0.15, 0.2) is 9.84 Å². The van der Waals surface area contributed by atoms with E-state index in [1.807, 2.05) is 0 Å². The fourth-order valence-corrected chi connectivity index (χ4v) is 4.60. The van der Waals surface area contributed by atoms with Gasteiger partial charge in [-0.2, -0.15) is 22.0 Å². The van der Waals surface area contributed by atoms with Crippen molar-refractivity contribution in [2.45, 2.75) is 44.5 Å². The fourth-order valence-electron chi connectivity index (χ4n) is 4.02. The number of pyridine rings is 2. The van der Waals surface area contributed by atoms with Gasteiger partial charge in [-0.15, -0.1) is 0 Å². The van der Waals surface area contributed by atoms with Gasteiger partial charge in [-0.05, 0) is 42.7 Å². The maximum Gasteiger partial charge on any atom is 0.389 e. The number of carbonyl (C=O) groups is 2. The summed E-state index contributed by atoms with van der Waals surface area (Å²) in [6.07, 6.45) is -2.12. The molecular formula is C25H27F5N4O6S. The van der Waals surface area contributed by atoms with E-state index in [1.165, 1.54) is 24.4 Å². The molecule has 41 heavy (non-hydrogen) atoms. The largest absolute Gasteiger partial charge is 0.478 e. The summed E-state index contributed by atoms with van der Waals surface area (Å²) in [7, 11) is -3.63. The number of hydrogen-bond donors (Lipinski definition) is 2. The first kappa shape index (κ1) is 31.7. The van der Waals surface area contributed by atoms with Crippen molar-refractivity contribution >= 4 is 27.2 Å². The summed E-state index contributed by atoms with van der Waals surface area (Å²) in [5, 5.41) is 5.23. The SMILES string of the molecule is C[C@@]1(c2ccc(OCCCC(F)(F)F)nc2)CC(c2ccc(OC(F)F)cn2)=C(CNC(=O)CS(C)(=O)=O)C(=O)N1. The molecule has 10 nitrogen and oxygen atoms in total. The molecule has 0 saturated heterocycles. The van der Waals surface area contributed by atoms with E-state index in [2.05, 4.69) is 25.3 Å². The molecule has 224 valence electrons. The van der Waals surface area contributed by atoms with Crippen LogP contribution in [0.2, 0.25) is 0 Å². The van der Waals surface area contributed by atoms with Gasteiger partial charge in [-0.1, -0.05) is 0 Å². The van der Waals surface area contributed by atoms with Gasteiger partial charge in [-0.25, -0.2) is 13.4 Å². The molecule has 1 aliphatic heterocycles. The maximum atomic E-state index is 13.3. The van der Waals surface area contributed by atoms with E-state index >= 15 is 0 Å². The Morgan fingerprint density at radius 1 is 1.17 bits per heavy atom. The summed E-state index contributed by atoms with van der Waals surface area (Å²) in [5.74, 6) is -2.36. The van der Waals surface area contributed by atoms with Crippen LogP contribution in [0.15, 0.2) is 42.2 Å². The molecule has 2 aromatic rings. The summed E-state index contributed by atoms with van der Waals surface area (Å²) in [6.45, 7) is -1.93. The van der Waals surface area contributed by atoms with Crippen LogP contribution in [0, 0.1) is 0 Å². The second-order valence-electron chi connectivity index (χ2n) is 9.48. The topological polar surface area (TPSA) is 137 Å². The van der Waals surface area contributed by atoms with Crippen LogP contribution in [0.3, 0.4) is 0 Å². The van der Waals surface area contributed by atoms with Gasteiger partial charge < -0.3 is 20.1 Å². The smallest absolute Gasteiger partial charge is 0.389 e. The first-order valence-electron chi connectivity index (χ1n) is 12.1. The lowest BCUT2D eigenvalue weighted by molar-refractivity contribution is -0.136. The van der Waals surface area contributed by atoms with Crippen molar-refractivity contribution in [3.8, 4) is 11.6 Å². The Bertz CT molecular complexity index is 1380. The highest BCUT2D eigenvalue weighted by atomic mass is 32.2. The van der Waals surface area contributed by atoms with E-state index in [4.69, 9.17) is 4.74 Å². The van der Waals surface area contributed by atoms with Gasteiger partial charge in [0.2, 0.25) is 17.7 Å². The lowest BCUT2D eigenvalue weighted by Crippen LogP contribution is -2.49. The quantitative estimate of drug-likeness (QED) is 0.278. The van der Waals surface area contributed by atoms with Gasteiger partial charge in [-0.3, -0.25) is 14.6 Å². The zero-order valence-corrected chi connectivity index (χ0v) is 22.7. The minimum atomic E-state index is -4.29. The van der Waals surface area contributed by atoms with Crippen molar-refractivity contribution in [1.29, 1.82) is 0 Å². The van der Waals surface area contributed by atoms with Crippen molar-refractivity contribution in [2.75, 3.05) is 25.2 Å². The van der Waals surface area contributed by atoms with Gasteiger partial charge in [0.25, 0.3) is 0 Å². The monoisotopic (exact) mass is 606 g/mol. The zero-order chi connectivity index (χ0) is 30.4. The molecule has 1 aliphatic rings. The highest BCUT2D eigenvalue weighted by molar-refractivity contribution is 7.91. The van der Waals surface area contributed by atoms with Crippen LogP contribution >= 0.6 is 0 Å². The van der Waals surface area contributed by atoms with Crippen LogP contribution in [-0.4, -0.2) is 68.1 Å². The number of halogens is 5. The first-order chi connectivity index (χ1) is 19.0. The number of rotatable bonds is 12. The minimum absolute atomic E-state index is 0.0666. The van der Waals surface area contributed by atoms with Crippen molar-refractivity contribution in [3.63, 3.8) is 0 Å². The van der Waals surface area contributed by atoms with Gasteiger partial charge in [0.1, 0.15) is 11.5 Å². The van der Waals surface area contributed by atoms with E-state index in [-0.39, 0.29) is 48.9 Å². The van der Waals surface area contributed by atoms with E-state index in [0.717, 1.165) is 12.5 Å². The maximum absolute atomic E-state index is 13.3. The number of amides is 2. The van der Waals surface area contributed by atoms with Crippen LogP contribution in [0.4, 0.5) is 22.0 Å². The molecule has 0 fully saturated rings.